The van der Waals surface area contributed by atoms with E-state index < -0.39 is 0 Å². The Hall–Kier alpha value is -2.63. The molecule has 24 heavy (non-hydrogen) atoms. The molecule has 0 saturated carbocycles. The molecule has 0 radical (unpaired) electrons. The Labute approximate surface area is 141 Å². The predicted molar refractivity (Wildman–Crippen MR) is 91.4 cm³/mol. The number of para-hydroxylation sites is 1. The number of nitrogens with two attached hydrogens (primary N) is 1. The molecule has 1 aromatic heterocycles. The maximum absolute atomic E-state index is 12.6. The van der Waals surface area contributed by atoms with Crippen molar-refractivity contribution in [2.45, 2.75) is 32.2 Å². The van der Waals surface area contributed by atoms with Gasteiger partial charge in [-0.2, -0.15) is 0 Å². The van der Waals surface area contributed by atoms with Gasteiger partial charge in [0, 0.05) is 12.6 Å². The number of likely N-dealkylation sites (tertiary alicyclic amines) is 1. The summed E-state index contributed by atoms with van der Waals surface area (Å²) in [5, 5.41) is 0. The lowest BCUT2D eigenvalue weighted by molar-refractivity contribution is -0.132. The molecule has 1 aromatic carbocycles. The maximum atomic E-state index is 12.6. The van der Waals surface area contributed by atoms with Gasteiger partial charge < -0.3 is 15.4 Å². The number of benzene rings is 1. The van der Waals surface area contributed by atoms with Crippen LogP contribution in [0.4, 0.5) is 5.82 Å². The number of nitrogens with zero attached hydrogens (tertiary/aromatic N) is 3. The molecule has 6 nitrogen and oxygen atoms in total. The number of nitrogen functional groups attached to an aromatic ring is 1. The number of anilines is 1. The van der Waals surface area contributed by atoms with Crippen molar-refractivity contribution in [3.05, 3.63) is 47.9 Å². The minimum Gasteiger partial charge on any atom is -0.493 e. The van der Waals surface area contributed by atoms with E-state index in [1.807, 2.05) is 42.2 Å². The fraction of sp³-hybridized carbons (Fsp3) is 0.389. The third-order valence-corrected chi connectivity index (χ3v) is 4.12. The number of ether oxygens (including phenoxy) is 1. The molecule has 3 rings (SSSR count). The second-order valence-electron chi connectivity index (χ2n) is 5.92. The number of carbonyl (C=O) groups excluding carboxylic acids is 1. The van der Waals surface area contributed by atoms with Gasteiger partial charge in [0.1, 0.15) is 17.4 Å². The molecule has 1 aliphatic heterocycles. The Morgan fingerprint density at radius 1 is 1.33 bits per heavy atom. The first-order valence-electron chi connectivity index (χ1n) is 8.22. The number of aryl methyl sites for hydroxylation is 1. The predicted octanol–water partition coefficient (Wildman–Crippen LogP) is 2.50. The molecule has 2 N–H and O–H groups in total. The Morgan fingerprint density at radius 2 is 2.12 bits per heavy atom. The van der Waals surface area contributed by atoms with Gasteiger partial charge in [0.05, 0.1) is 24.8 Å². The zero-order chi connectivity index (χ0) is 16.9. The van der Waals surface area contributed by atoms with Crippen LogP contribution in [0.25, 0.3) is 0 Å². The summed E-state index contributed by atoms with van der Waals surface area (Å²) >= 11 is 0. The minimum absolute atomic E-state index is 0.0155. The SMILES string of the molecule is Cc1nc(N)cc(C2CCCN2C(=O)CCOc2ccccc2)n1. The minimum atomic E-state index is -0.0155. The van der Waals surface area contributed by atoms with Crippen LogP contribution in [0.1, 0.15) is 36.8 Å². The Balaban J connectivity index is 1.61. The summed E-state index contributed by atoms with van der Waals surface area (Å²) in [5.74, 6) is 1.95. The Kier molecular flexibility index (Phi) is 4.93. The average molecular weight is 326 g/mol. The molecule has 1 aliphatic rings. The van der Waals surface area contributed by atoms with Crippen LogP contribution in [0.5, 0.6) is 5.75 Å². The summed E-state index contributed by atoms with van der Waals surface area (Å²) < 4.78 is 5.62. The van der Waals surface area contributed by atoms with Gasteiger partial charge in [-0.05, 0) is 31.9 Å². The lowest BCUT2D eigenvalue weighted by Crippen LogP contribution is -2.32. The fourth-order valence-corrected chi connectivity index (χ4v) is 3.07. The highest BCUT2D eigenvalue weighted by atomic mass is 16.5. The third kappa shape index (κ3) is 3.82. The zero-order valence-corrected chi connectivity index (χ0v) is 13.8. The highest BCUT2D eigenvalue weighted by molar-refractivity contribution is 5.77. The number of carbonyl (C=O) groups is 1. The molecule has 0 bridgehead atoms. The van der Waals surface area contributed by atoms with Crippen LogP contribution in [0, 0.1) is 6.92 Å². The number of hydrogen-bond donors (Lipinski definition) is 1. The van der Waals surface area contributed by atoms with Crippen LogP contribution in [-0.4, -0.2) is 33.9 Å². The van der Waals surface area contributed by atoms with E-state index >= 15 is 0 Å². The van der Waals surface area contributed by atoms with Gasteiger partial charge >= 0.3 is 0 Å². The Bertz CT molecular complexity index is 685. The molecule has 1 amide bonds. The van der Waals surface area contributed by atoms with Crippen molar-refractivity contribution < 1.29 is 9.53 Å². The standard InChI is InChI=1S/C18H22N4O2/c1-13-20-15(12-17(19)21-13)16-8-5-10-22(16)18(23)9-11-24-14-6-3-2-4-7-14/h2-4,6-7,12,16H,5,8-11H2,1H3,(H2,19,20,21). The first-order chi connectivity index (χ1) is 11.6. The summed E-state index contributed by atoms with van der Waals surface area (Å²) in [6.45, 7) is 2.93. The topological polar surface area (TPSA) is 81.3 Å². The van der Waals surface area contributed by atoms with Gasteiger partial charge in [-0.15, -0.1) is 0 Å². The van der Waals surface area contributed by atoms with Crippen molar-refractivity contribution in [2.75, 3.05) is 18.9 Å². The van der Waals surface area contributed by atoms with Gasteiger partial charge in [-0.3, -0.25) is 4.79 Å². The van der Waals surface area contributed by atoms with E-state index in [2.05, 4.69) is 9.97 Å². The van der Waals surface area contributed by atoms with Crippen molar-refractivity contribution in [3.8, 4) is 5.75 Å². The van der Waals surface area contributed by atoms with Gasteiger partial charge in [0.25, 0.3) is 0 Å². The fourth-order valence-electron chi connectivity index (χ4n) is 3.07. The molecule has 1 fully saturated rings. The van der Waals surface area contributed by atoms with E-state index in [1.165, 1.54) is 0 Å². The van der Waals surface area contributed by atoms with Crippen LogP contribution in [0.2, 0.25) is 0 Å². The smallest absolute Gasteiger partial charge is 0.226 e. The summed E-state index contributed by atoms with van der Waals surface area (Å²) in [6.07, 6.45) is 2.23. The largest absolute Gasteiger partial charge is 0.493 e. The molecule has 6 heteroatoms. The number of rotatable bonds is 5. The summed E-state index contributed by atoms with van der Waals surface area (Å²) in [5.41, 5.74) is 6.65. The summed E-state index contributed by atoms with van der Waals surface area (Å²) in [4.78, 5) is 23.0. The highest BCUT2D eigenvalue weighted by Crippen LogP contribution is 2.31. The van der Waals surface area contributed by atoms with Crippen molar-refractivity contribution in [3.63, 3.8) is 0 Å². The van der Waals surface area contributed by atoms with Crippen molar-refractivity contribution in [1.82, 2.24) is 14.9 Å². The molecule has 1 atom stereocenters. The van der Waals surface area contributed by atoms with E-state index in [4.69, 9.17) is 10.5 Å². The van der Waals surface area contributed by atoms with Crippen LogP contribution < -0.4 is 10.5 Å². The van der Waals surface area contributed by atoms with Crippen LogP contribution >= 0.6 is 0 Å². The lowest BCUT2D eigenvalue weighted by Gasteiger charge is -2.24. The second kappa shape index (κ2) is 7.29. The molecule has 1 saturated heterocycles. The van der Waals surface area contributed by atoms with Crippen LogP contribution in [-0.2, 0) is 4.79 Å². The van der Waals surface area contributed by atoms with Crippen molar-refractivity contribution >= 4 is 11.7 Å². The summed E-state index contributed by atoms with van der Waals surface area (Å²) in [6, 6.07) is 11.3. The lowest BCUT2D eigenvalue weighted by atomic mass is 10.1. The van der Waals surface area contributed by atoms with Gasteiger partial charge in [0.15, 0.2) is 0 Å². The number of aromatic nitrogens is 2. The molecule has 2 heterocycles. The van der Waals surface area contributed by atoms with E-state index in [9.17, 15) is 4.79 Å². The number of hydrogen-bond acceptors (Lipinski definition) is 5. The Morgan fingerprint density at radius 3 is 2.88 bits per heavy atom. The van der Waals surface area contributed by atoms with Crippen molar-refractivity contribution in [1.29, 1.82) is 0 Å². The van der Waals surface area contributed by atoms with Gasteiger partial charge in [0.2, 0.25) is 5.91 Å². The molecular formula is C18H22N4O2. The summed E-state index contributed by atoms with van der Waals surface area (Å²) in [7, 11) is 0. The molecule has 1 unspecified atom stereocenters. The molecular weight excluding hydrogens is 304 g/mol. The van der Waals surface area contributed by atoms with Gasteiger partial charge in [-0.25, -0.2) is 9.97 Å². The molecule has 0 aliphatic carbocycles. The molecule has 0 spiro atoms. The normalized spacial score (nSPS) is 17.0. The zero-order valence-electron chi connectivity index (χ0n) is 13.8. The molecule has 126 valence electrons. The average Bonchev–Trinajstić information content (AvgIpc) is 3.04. The molecule has 2 aromatic rings. The third-order valence-electron chi connectivity index (χ3n) is 4.12. The van der Waals surface area contributed by atoms with Gasteiger partial charge in [-0.1, -0.05) is 18.2 Å². The van der Waals surface area contributed by atoms with E-state index in [0.717, 1.165) is 30.8 Å². The van der Waals surface area contributed by atoms with E-state index in [-0.39, 0.29) is 11.9 Å². The van der Waals surface area contributed by atoms with E-state index in [0.29, 0.717) is 24.7 Å². The maximum Gasteiger partial charge on any atom is 0.226 e. The quantitative estimate of drug-likeness (QED) is 0.913. The van der Waals surface area contributed by atoms with Crippen LogP contribution in [0.15, 0.2) is 36.4 Å². The van der Waals surface area contributed by atoms with Crippen molar-refractivity contribution in [2.24, 2.45) is 0 Å². The monoisotopic (exact) mass is 326 g/mol. The first-order valence-corrected chi connectivity index (χ1v) is 8.22. The van der Waals surface area contributed by atoms with Crippen LogP contribution in [0.3, 0.4) is 0 Å². The first kappa shape index (κ1) is 16.2. The number of amides is 1. The van der Waals surface area contributed by atoms with E-state index in [1.54, 1.807) is 6.07 Å². The highest BCUT2D eigenvalue weighted by Gasteiger charge is 2.31. The second-order valence-corrected chi connectivity index (χ2v) is 5.92.